The van der Waals surface area contributed by atoms with E-state index in [1.807, 2.05) is 6.92 Å². The number of hydrogen-bond acceptors (Lipinski definition) is 7. The van der Waals surface area contributed by atoms with Crippen LogP contribution in [0.4, 0.5) is 0 Å². The molecule has 4 rings (SSSR count). The fourth-order valence-corrected chi connectivity index (χ4v) is 7.50. The Bertz CT molecular complexity index is 811. The van der Waals surface area contributed by atoms with Crippen molar-refractivity contribution in [2.45, 2.75) is 57.7 Å². The van der Waals surface area contributed by atoms with E-state index in [0.29, 0.717) is 0 Å². The van der Waals surface area contributed by atoms with Crippen LogP contribution in [0.3, 0.4) is 0 Å². The van der Waals surface area contributed by atoms with Crippen molar-refractivity contribution in [3.05, 3.63) is 16.1 Å². The molecule has 7 nitrogen and oxygen atoms in total. The summed E-state index contributed by atoms with van der Waals surface area (Å²) < 4.78 is 24.6. The number of carbonyl (C=O) groups is 1. The van der Waals surface area contributed by atoms with Gasteiger partial charge in [0.1, 0.15) is 0 Å². The van der Waals surface area contributed by atoms with Crippen LogP contribution in [0.25, 0.3) is 0 Å². The predicted octanol–water partition coefficient (Wildman–Crippen LogP) is 1.43. The molecule has 1 aromatic heterocycles. The Kier molecular flexibility index (Phi) is 6.58. The molecule has 0 bridgehead atoms. The van der Waals surface area contributed by atoms with Gasteiger partial charge in [-0.25, -0.2) is 13.4 Å². The van der Waals surface area contributed by atoms with Gasteiger partial charge in [-0.1, -0.05) is 6.42 Å². The van der Waals surface area contributed by atoms with Crippen LogP contribution >= 0.6 is 11.3 Å². The SMILES string of the molecule is Cc1nc(CN2CCC(C(=O)NC3CS(=O)(=O)CC3N3CCCCC3)CC2)cs1. The van der Waals surface area contributed by atoms with Crippen molar-refractivity contribution in [3.8, 4) is 0 Å². The van der Waals surface area contributed by atoms with E-state index in [0.717, 1.165) is 69.1 Å². The Morgan fingerprint density at radius 2 is 1.90 bits per heavy atom. The molecule has 1 N–H and O–H groups in total. The maximum Gasteiger partial charge on any atom is 0.223 e. The summed E-state index contributed by atoms with van der Waals surface area (Å²) in [5.41, 5.74) is 1.11. The molecule has 9 heteroatoms. The minimum absolute atomic E-state index is 0.0197. The van der Waals surface area contributed by atoms with Crippen LogP contribution < -0.4 is 5.32 Å². The molecule has 162 valence electrons. The highest BCUT2D eigenvalue weighted by Gasteiger charge is 2.42. The van der Waals surface area contributed by atoms with Crippen molar-refractivity contribution < 1.29 is 13.2 Å². The lowest BCUT2D eigenvalue weighted by Gasteiger charge is -2.36. The number of carbonyl (C=O) groups excluding carboxylic acids is 1. The van der Waals surface area contributed by atoms with Crippen molar-refractivity contribution in [1.29, 1.82) is 0 Å². The molecule has 4 heterocycles. The van der Waals surface area contributed by atoms with Gasteiger partial charge in [0.25, 0.3) is 0 Å². The van der Waals surface area contributed by atoms with Crippen molar-refractivity contribution in [3.63, 3.8) is 0 Å². The maximum absolute atomic E-state index is 12.9. The van der Waals surface area contributed by atoms with E-state index in [9.17, 15) is 13.2 Å². The molecule has 3 aliphatic rings. The number of nitrogens with zero attached hydrogens (tertiary/aromatic N) is 3. The molecule has 0 aromatic carbocycles. The molecule has 0 spiro atoms. The van der Waals surface area contributed by atoms with E-state index >= 15 is 0 Å². The zero-order valence-corrected chi connectivity index (χ0v) is 18.8. The first kappa shape index (κ1) is 21.2. The Balaban J connectivity index is 1.30. The second-order valence-electron chi connectivity index (χ2n) is 8.76. The third-order valence-electron chi connectivity index (χ3n) is 6.52. The van der Waals surface area contributed by atoms with Gasteiger partial charge in [-0.15, -0.1) is 11.3 Å². The summed E-state index contributed by atoms with van der Waals surface area (Å²) >= 11 is 1.67. The number of thiazole rings is 1. The van der Waals surface area contributed by atoms with Crippen LogP contribution in [-0.2, 0) is 21.2 Å². The van der Waals surface area contributed by atoms with Crippen molar-refractivity contribution in [2.24, 2.45) is 5.92 Å². The van der Waals surface area contributed by atoms with E-state index in [1.54, 1.807) is 11.3 Å². The standard InChI is InChI=1S/C20H32N4O3S2/c1-15-21-17(12-28-15)11-23-9-5-16(6-10-23)20(25)22-18-13-29(26,27)14-19(18)24-7-3-2-4-8-24/h12,16,18-19H,2-11,13-14H2,1H3,(H,22,25). The number of rotatable bonds is 5. The summed E-state index contributed by atoms with van der Waals surface area (Å²) in [6.45, 7) is 6.52. The minimum atomic E-state index is -3.08. The molecule has 2 atom stereocenters. The van der Waals surface area contributed by atoms with E-state index in [1.165, 1.54) is 6.42 Å². The number of amides is 1. The molecule has 0 radical (unpaired) electrons. The van der Waals surface area contributed by atoms with Crippen molar-refractivity contribution in [2.75, 3.05) is 37.7 Å². The number of hydrogen-bond donors (Lipinski definition) is 1. The summed E-state index contributed by atoms with van der Waals surface area (Å²) in [7, 11) is -3.08. The van der Waals surface area contributed by atoms with Crippen LogP contribution in [0.5, 0.6) is 0 Å². The van der Waals surface area contributed by atoms with E-state index in [-0.39, 0.29) is 35.4 Å². The fourth-order valence-electron chi connectivity index (χ4n) is 4.94. The second kappa shape index (κ2) is 8.99. The van der Waals surface area contributed by atoms with E-state index in [2.05, 4.69) is 25.5 Å². The predicted molar refractivity (Wildman–Crippen MR) is 115 cm³/mol. The summed E-state index contributed by atoms with van der Waals surface area (Å²) in [6, 6.07) is -0.321. The molecule has 0 aliphatic carbocycles. The quantitative estimate of drug-likeness (QED) is 0.746. The number of nitrogens with one attached hydrogen (secondary N) is 1. The van der Waals surface area contributed by atoms with Gasteiger partial charge in [0.05, 0.1) is 28.2 Å². The van der Waals surface area contributed by atoms with Crippen LogP contribution in [-0.4, -0.2) is 78.9 Å². The lowest BCUT2D eigenvalue weighted by molar-refractivity contribution is -0.127. The van der Waals surface area contributed by atoms with Gasteiger partial charge in [0.2, 0.25) is 5.91 Å². The molecule has 0 saturated carbocycles. The summed E-state index contributed by atoms with van der Waals surface area (Å²) in [5, 5.41) is 6.32. The Morgan fingerprint density at radius 1 is 1.17 bits per heavy atom. The molecule has 2 unspecified atom stereocenters. The monoisotopic (exact) mass is 440 g/mol. The summed E-state index contributed by atoms with van der Waals surface area (Å²) in [5.74, 6) is 0.290. The van der Waals surface area contributed by atoms with Gasteiger partial charge in [-0.3, -0.25) is 14.6 Å². The number of aromatic nitrogens is 1. The van der Waals surface area contributed by atoms with Crippen LogP contribution in [0.1, 0.15) is 42.8 Å². The van der Waals surface area contributed by atoms with Crippen LogP contribution in [0.15, 0.2) is 5.38 Å². The second-order valence-corrected chi connectivity index (χ2v) is 12.0. The van der Waals surface area contributed by atoms with Gasteiger partial charge in [-0.2, -0.15) is 0 Å². The number of sulfone groups is 1. The summed E-state index contributed by atoms with van der Waals surface area (Å²) in [6.07, 6.45) is 5.10. The topological polar surface area (TPSA) is 82.6 Å². The fraction of sp³-hybridized carbons (Fsp3) is 0.800. The summed E-state index contributed by atoms with van der Waals surface area (Å²) in [4.78, 5) is 22.1. The zero-order chi connectivity index (χ0) is 20.4. The van der Waals surface area contributed by atoms with Crippen LogP contribution in [0.2, 0.25) is 0 Å². The molecule has 29 heavy (non-hydrogen) atoms. The first-order valence-electron chi connectivity index (χ1n) is 10.8. The third kappa shape index (κ3) is 5.37. The lowest BCUT2D eigenvalue weighted by atomic mass is 9.95. The van der Waals surface area contributed by atoms with E-state index in [4.69, 9.17) is 0 Å². The first-order chi connectivity index (χ1) is 13.9. The van der Waals surface area contributed by atoms with Crippen molar-refractivity contribution >= 4 is 27.1 Å². The highest BCUT2D eigenvalue weighted by molar-refractivity contribution is 7.91. The number of likely N-dealkylation sites (tertiary alicyclic amines) is 2. The normalized spacial score (nSPS) is 29.1. The molecule has 1 aromatic rings. The van der Waals surface area contributed by atoms with Gasteiger partial charge < -0.3 is 5.32 Å². The van der Waals surface area contributed by atoms with Gasteiger partial charge in [-0.05, 0) is 58.8 Å². The van der Waals surface area contributed by atoms with Gasteiger partial charge >= 0.3 is 0 Å². The lowest BCUT2D eigenvalue weighted by Crippen LogP contribution is -2.54. The molecular formula is C20H32N4O3S2. The number of aryl methyl sites for hydroxylation is 1. The van der Waals surface area contributed by atoms with Crippen molar-refractivity contribution in [1.82, 2.24) is 20.1 Å². The smallest absolute Gasteiger partial charge is 0.223 e. The Labute approximate surface area is 177 Å². The Morgan fingerprint density at radius 3 is 2.55 bits per heavy atom. The van der Waals surface area contributed by atoms with Crippen LogP contribution in [0, 0.1) is 12.8 Å². The first-order valence-corrected chi connectivity index (χ1v) is 13.5. The van der Waals surface area contributed by atoms with E-state index < -0.39 is 9.84 Å². The average Bonchev–Trinajstić information content (AvgIpc) is 3.24. The molecule has 3 fully saturated rings. The van der Waals surface area contributed by atoms with Gasteiger partial charge in [0.15, 0.2) is 9.84 Å². The molecule has 1 amide bonds. The molecule has 3 saturated heterocycles. The minimum Gasteiger partial charge on any atom is -0.350 e. The largest absolute Gasteiger partial charge is 0.350 e. The Hall–Kier alpha value is -1.03. The molecule has 3 aliphatic heterocycles. The third-order valence-corrected chi connectivity index (χ3v) is 9.06. The number of piperidine rings is 2. The average molecular weight is 441 g/mol. The highest BCUT2D eigenvalue weighted by Crippen LogP contribution is 2.24. The maximum atomic E-state index is 12.9. The van der Waals surface area contributed by atoms with Gasteiger partial charge in [0, 0.05) is 23.9 Å². The zero-order valence-electron chi connectivity index (χ0n) is 17.2. The highest BCUT2D eigenvalue weighted by atomic mass is 32.2. The molecular weight excluding hydrogens is 408 g/mol.